The van der Waals surface area contributed by atoms with Crippen molar-refractivity contribution >= 4 is 21.8 Å². The van der Waals surface area contributed by atoms with Crippen LogP contribution in [0.25, 0.3) is 0 Å². The highest BCUT2D eigenvalue weighted by Crippen LogP contribution is 2.21. The number of nitrogens with one attached hydrogen (secondary N) is 2. The van der Waals surface area contributed by atoms with Crippen molar-refractivity contribution in [3.05, 3.63) is 29.8 Å². The van der Waals surface area contributed by atoms with Crippen LogP contribution in [0.5, 0.6) is 0 Å². The molecule has 2 amide bonds. The van der Waals surface area contributed by atoms with Crippen LogP contribution in [0.1, 0.15) is 36.0 Å². The molecule has 1 unspecified atom stereocenters. The number of nitrogens with zero attached hydrogens (tertiary/aromatic N) is 1. The molecule has 0 spiro atoms. The quantitative estimate of drug-likeness (QED) is 0.699. The van der Waals surface area contributed by atoms with Crippen molar-refractivity contribution in [2.75, 3.05) is 32.8 Å². The molecule has 0 saturated carbocycles. The van der Waals surface area contributed by atoms with Crippen LogP contribution in [-0.2, 0) is 19.6 Å². The summed E-state index contributed by atoms with van der Waals surface area (Å²) in [6.07, 6.45) is 3.72. The van der Waals surface area contributed by atoms with Crippen molar-refractivity contribution in [3.8, 4) is 0 Å². The predicted octanol–water partition coefficient (Wildman–Crippen LogP) is 0.496. The predicted molar refractivity (Wildman–Crippen MR) is 98.8 cm³/mol. The maximum absolute atomic E-state index is 12.5. The average molecular weight is 395 g/mol. The van der Waals surface area contributed by atoms with Crippen LogP contribution in [-0.4, -0.2) is 63.4 Å². The molecule has 2 saturated heterocycles. The van der Waals surface area contributed by atoms with Gasteiger partial charge in [-0.1, -0.05) is 0 Å². The van der Waals surface area contributed by atoms with Crippen molar-refractivity contribution in [1.82, 2.24) is 14.9 Å². The van der Waals surface area contributed by atoms with Gasteiger partial charge in [-0.2, -0.15) is 4.31 Å². The fourth-order valence-electron chi connectivity index (χ4n) is 3.21. The zero-order valence-electron chi connectivity index (χ0n) is 15.1. The van der Waals surface area contributed by atoms with Crippen LogP contribution in [0.4, 0.5) is 0 Å². The second-order valence-electron chi connectivity index (χ2n) is 6.76. The molecule has 3 rings (SSSR count). The smallest absolute Gasteiger partial charge is 0.251 e. The minimum absolute atomic E-state index is 0.0507. The largest absolute Gasteiger partial charge is 0.376 e. The Hall–Kier alpha value is -1.97. The molecular formula is C18H25N3O5S. The molecule has 1 aromatic rings. The third-order valence-corrected chi connectivity index (χ3v) is 6.69. The molecule has 0 bridgehead atoms. The summed E-state index contributed by atoms with van der Waals surface area (Å²) >= 11 is 0. The van der Waals surface area contributed by atoms with Crippen LogP contribution in [0.15, 0.2) is 29.2 Å². The molecule has 27 heavy (non-hydrogen) atoms. The van der Waals surface area contributed by atoms with Crippen molar-refractivity contribution < 1.29 is 22.7 Å². The number of hydrogen-bond acceptors (Lipinski definition) is 5. The zero-order valence-corrected chi connectivity index (χ0v) is 16.0. The summed E-state index contributed by atoms with van der Waals surface area (Å²) in [6.45, 7) is 2.09. The van der Waals surface area contributed by atoms with Gasteiger partial charge in [0.1, 0.15) is 0 Å². The SMILES string of the molecule is O=C(CNC(=O)c1ccc(S(=O)(=O)N2CCCC2)cc1)NCC1CCCO1. The summed E-state index contributed by atoms with van der Waals surface area (Å²) in [7, 11) is -3.50. The Labute approximate surface area is 159 Å². The fraction of sp³-hybridized carbons (Fsp3) is 0.556. The molecule has 8 nitrogen and oxygen atoms in total. The molecule has 0 aromatic heterocycles. The Balaban J connectivity index is 1.49. The number of rotatable bonds is 7. The Morgan fingerprint density at radius 3 is 2.41 bits per heavy atom. The monoisotopic (exact) mass is 395 g/mol. The van der Waals surface area contributed by atoms with E-state index in [4.69, 9.17) is 4.74 Å². The first-order valence-electron chi connectivity index (χ1n) is 9.23. The Kier molecular flexibility index (Phi) is 6.46. The molecule has 1 atom stereocenters. The van der Waals surface area contributed by atoms with Gasteiger partial charge in [0.05, 0.1) is 17.5 Å². The summed E-state index contributed by atoms with van der Waals surface area (Å²) in [5.74, 6) is -0.709. The second kappa shape index (κ2) is 8.81. The Morgan fingerprint density at radius 1 is 1.07 bits per heavy atom. The van der Waals surface area contributed by atoms with Crippen molar-refractivity contribution in [2.45, 2.75) is 36.7 Å². The molecule has 148 valence electrons. The van der Waals surface area contributed by atoms with E-state index in [9.17, 15) is 18.0 Å². The first kappa shape index (κ1) is 19.8. The van der Waals surface area contributed by atoms with E-state index in [0.717, 1.165) is 32.3 Å². The van der Waals surface area contributed by atoms with Gasteiger partial charge in [-0.15, -0.1) is 0 Å². The number of ether oxygens (including phenoxy) is 1. The van der Waals surface area contributed by atoms with Gasteiger partial charge in [0, 0.05) is 31.8 Å². The maximum Gasteiger partial charge on any atom is 0.251 e. The third-order valence-electron chi connectivity index (χ3n) is 4.78. The van der Waals surface area contributed by atoms with Crippen LogP contribution in [0.3, 0.4) is 0 Å². The molecule has 0 radical (unpaired) electrons. The first-order chi connectivity index (χ1) is 13.0. The van der Waals surface area contributed by atoms with Gasteiger partial charge in [0.25, 0.3) is 5.91 Å². The lowest BCUT2D eigenvalue weighted by atomic mass is 10.2. The minimum Gasteiger partial charge on any atom is -0.376 e. The number of benzene rings is 1. The number of carbonyl (C=O) groups is 2. The van der Waals surface area contributed by atoms with Gasteiger partial charge in [-0.25, -0.2) is 8.42 Å². The van der Waals surface area contributed by atoms with Gasteiger partial charge in [0.2, 0.25) is 15.9 Å². The zero-order chi connectivity index (χ0) is 19.3. The Bertz CT molecular complexity index is 767. The topological polar surface area (TPSA) is 105 Å². The summed E-state index contributed by atoms with van der Waals surface area (Å²) in [5.41, 5.74) is 0.308. The lowest BCUT2D eigenvalue weighted by molar-refractivity contribution is -0.120. The lowest BCUT2D eigenvalue weighted by Crippen LogP contribution is -2.39. The van der Waals surface area contributed by atoms with Gasteiger partial charge in [-0.05, 0) is 49.9 Å². The van der Waals surface area contributed by atoms with Gasteiger partial charge >= 0.3 is 0 Å². The van der Waals surface area contributed by atoms with Crippen molar-refractivity contribution in [1.29, 1.82) is 0 Å². The van der Waals surface area contributed by atoms with Crippen LogP contribution < -0.4 is 10.6 Å². The molecule has 0 aliphatic carbocycles. The summed E-state index contributed by atoms with van der Waals surface area (Å²) < 4.78 is 31.8. The molecule has 2 N–H and O–H groups in total. The molecule has 2 fully saturated rings. The molecule has 9 heteroatoms. The second-order valence-corrected chi connectivity index (χ2v) is 8.70. The molecule has 2 aliphatic heterocycles. The summed E-state index contributed by atoms with van der Waals surface area (Å²) in [5, 5.41) is 5.26. The highest BCUT2D eigenvalue weighted by molar-refractivity contribution is 7.89. The maximum atomic E-state index is 12.5. The minimum atomic E-state index is -3.50. The lowest BCUT2D eigenvalue weighted by Gasteiger charge is -2.15. The van der Waals surface area contributed by atoms with Crippen LogP contribution in [0, 0.1) is 0 Å². The van der Waals surface area contributed by atoms with Crippen molar-refractivity contribution in [3.63, 3.8) is 0 Å². The highest BCUT2D eigenvalue weighted by atomic mass is 32.2. The standard InChI is InChI=1S/C18H25N3O5S/c22-17(19-12-15-4-3-11-26-15)13-20-18(23)14-5-7-16(8-6-14)27(24,25)21-9-1-2-10-21/h5-8,15H,1-4,9-13H2,(H,19,22)(H,20,23). The number of carbonyl (C=O) groups excluding carboxylic acids is 2. The van der Waals surface area contributed by atoms with E-state index in [-0.39, 0.29) is 23.5 Å². The number of sulfonamides is 1. The average Bonchev–Trinajstić information content (AvgIpc) is 3.38. The summed E-state index contributed by atoms with van der Waals surface area (Å²) in [4.78, 5) is 24.1. The molecular weight excluding hydrogens is 370 g/mol. The van der Waals surface area contributed by atoms with E-state index in [1.54, 1.807) is 0 Å². The fourth-order valence-corrected chi connectivity index (χ4v) is 4.73. The highest BCUT2D eigenvalue weighted by Gasteiger charge is 2.27. The number of amides is 2. The van der Waals surface area contributed by atoms with E-state index in [2.05, 4.69) is 10.6 Å². The van der Waals surface area contributed by atoms with Gasteiger partial charge < -0.3 is 15.4 Å². The van der Waals surface area contributed by atoms with E-state index < -0.39 is 15.9 Å². The van der Waals surface area contributed by atoms with E-state index >= 15 is 0 Å². The van der Waals surface area contributed by atoms with Crippen LogP contribution >= 0.6 is 0 Å². The molecule has 2 heterocycles. The van der Waals surface area contributed by atoms with Crippen LogP contribution in [0.2, 0.25) is 0 Å². The molecule has 2 aliphatic rings. The van der Waals surface area contributed by atoms with E-state index in [0.29, 0.717) is 25.2 Å². The first-order valence-corrected chi connectivity index (χ1v) is 10.7. The normalized spacial score (nSPS) is 20.5. The van der Waals surface area contributed by atoms with E-state index in [1.165, 1.54) is 28.6 Å². The number of hydrogen-bond donors (Lipinski definition) is 2. The Morgan fingerprint density at radius 2 is 1.78 bits per heavy atom. The molecule has 1 aromatic carbocycles. The van der Waals surface area contributed by atoms with Gasteiger partial charge in [0.15, 0.2) is 0 Å². The third kappa shape index (κ3) is 5.06. The van der Waals surface area contributed by atoms with Crippen molar-refractivity contribution in [2.24, 2.45) is 0 Å². The summed E-state index contributed by atoms with van der Waals surface area (Å²) in [6, 6.07) is 5.78. The van der Waals surface area contributed by atoms with E-state index in [1.807, 2.05) is 0 Å². The van der Waals surface area contributed by atoms with Gasteiger partial charge in [-0.3, -0.25) is 9.59 Å².